The van der Waals surface area contributed by atoms with Crippen molar-refractivity contribution in [2.24, 2.45) is 0 Å². The van der Waals surface area contributed by atoms with Crippen molar-refractivity contribution in [3.63, 3.8) is 0 Å². The summed E-state index contributed by atoms with van der Waals surface area (Å²) in [7, 11) is 0. The van der Waals surface area contributed by atoms with E-state index in [2.05, 4.69) is 194 Å². The zero-order chi connectivity index (χ0) is 34.9. The number of fused-ring (bicyclic) bond motifs is 10. The van der Waals surface area contributed by atoms with Gasteiger partial charge in [0.1, 0.15) is 23.0 Å². The molecule has 1 aliphatic carbocycles. The third-order valence-corrected chi connectivity index (χ3v) is 11.2. The topological polar surface area (TPSA) is 22.4 Å². The molecule has 1 aliphatic heterocycles. The van der Waals surface area contributed by atoms with Gasteiger partial charge in [0.15, 0.2) is 0 Å². The fraction of sp³-hybridized carbons (Fsp3) is 0.0196. The Labute approximate surface area is 308 Å². The van der Waals surface area contributed by atoms with E-state index in [0.29, 0.717) is 0 Å². The molecule has 2 heteroatoms. The highest BCUT2D eigenvalue weighted by molar-refractivity contribution is 6.06. The van der Waals surface area contributed by atoms with Gasteiger partial charge in [-0.25, -0.2) is 0 Å². The molecule has 2 aliphatic rings. The Kier molecular flexibility index (Phi) is 6.50. The minimum absolute atomic E-state index is 0.474. The lowest BCUT2D eigenvalue weighted by Crippen LogP contribution is -2.32. The molecule has 0 fully saturated rings. The van der Waals surface area contributed by atoms with Crippen LogP contribution in [0.25, 0.3) is 66.8 Å². The number of hydrogen-bond donors (Lipinski definition) is 0. The van der Waals surface area contributed by atoms with Crippen molar-refractivity contribution >= 4 is 10.8 Å². The molecule has 0 saturated heterocycles. The number of benzene rings is 8. The van der Waals surface area contributed by atoms with Crippen LogP contribution < -0.4 is 4.74 Å². The molecule has 0 radical (unpaired) electrons. The van der Waals surface area contributed by atoms with Crippen LogP contribution in [0, 0.1) is 0 Å². The third-order valence-electron chi connectivity index (χ3n) is 11.2. The zero-order valence-electron chi connectivity index (χ0n) is 28.8. The molecule has 0 amide bonds. The maximum atomic E-state index is 6.73. The Bertz CT molecular complexity index is 2810. The van der Waals surface area contributed by atoms with Crippen LogP contribution >= 0.6 is 0 Å². The number of rotatable bonds is 4. The summed E-state index contributed by atoms with van der Waals surface area (Å²) in [5, 5.41) is 2.49. The van der Waals surface area contributed by atoms with Crippen molar-refractivity contribution in [2.75, 3.05) is 0 Å². The third kappa shape index (κ3) is 4.39. The monoisotopic (exact) mass is 676 g/mol. The highest BCUT2D eigenvalue weighted by atomic mass is 16.5. The molecule has 53 heavy (non-hydrogen) atoms. The van der Waals surface area contributed by atoms with E-state index < -0.39 is 5.41 Å². The molecule has 248 valence electrons. The molecule has 11 rings (SSSR count). The first kappa shape index (κ1) is 29.8. The van der Waals surface area contributed by atoms with E-state index in [1.165, 1.54) is 60.8 Å². The van der Waals surface area contributed by atoms with E-state index in [1.54, 1.807) is 0 Å². The number of para-hydroxylation sites is 1. The summed E-state index contributed by atoms with van der Waals surface area (Å²) in [6.07, 6.45) is 0. The summed E-state index contributed by atoms with van der Waals surface area (Å²) < 4.78 is 13.3. The Hall–Kier alpha value is -6.90. The van der Waals surface area contributed by atoms with E-state index in [-0.39, 0.29) is 0 Å². The smallest absolute Gasteiger partial charge is 0.134 e. The lowest BCUT2D eigenvalue weighted by Gasteiger charge is -2.39. The largest absolute Gasteiger partial charge is 0.457 e. The van der Waals surface area contributed by atoms with Crippen LogP contribution in [0.2, 0.25) is 0 Å². The summed E-state index contributed by atoms with van der Waals surface area (Å²) in [5.41, 5.74) is 13.8. The van der Waals surface area contributed by atoms with Gasteiger partial charge in [-0.15, -0.1) is 0 Å². The van der Waals surface area contributed by atoms with E-state index in [4.69, 9.17) is 9.15 Å². The Morgan fingerprint density at radius 1 is 0.321 bits per heavy atom. The summed E-state index contributed by atoms with van der Waals surface area (Å²) in [6.45, 7) is 0. The molecule has 2 heterocycles. The summed E-state index contributed by atoms with van der Waals surface area (Å²) >= 11 is 0. The number of hydrogen-bond acceptors (Lipinski definition) is 2. The lowest BCUT2D eigenvalue weighted by molar-refractivity contribution is 0.436. The van der Waals surface area contributed by atoms with Gasteiger partial charge in [-0.1, -0.05) is 170 Å². The summed E-state index contributed by atoms with van der Waals surface area (Å²) in [5.74, 6) is 3.36. The van der Waals surface area contributed by atoms with Crippen LogP contribution in [0.5, 0.6) is 11.5 Å². The molecule has 0 unspecified atom stereocenters. The van der Waals surface area contributed by atoms with Crippen LogP contribution in [0.15, 0.2) is 199 Å². The van der Waals surface area contributed by atoms with E-state index in [1.807, 2.05) is 0 Å². The maximum Gasteiger partial charge on any atom is 0.134 e. The number of ether oxygens (including phenoxy) is 1. The fourth-order valence-electron chi connectivity index (χ4n) is 8.92. The molecule has 0 bridgehead atoms. The van der Waals surface area contributed by atoms with E-state index in [9.17, 15) is 0 Å². The highest BCUT2D eigenvalue weighted by Gasteiger charge is 2.50. The van der Waals surface area contributed by atoms with Crippen LogP contribution in [-0.2, 0) is 5.41 Å². The van der Waals surface area contributed by atoms with Crippen molar-refractivity contribution in [1.82, 2.24) is 0 Å². The molecular weight excluding hydrogens is 645 g/mol. The van der Waals surface area contributed by atoms with Crippen molar-refractivity contribution in [1.29, 1.82) is 0 Å². The van der Waals surface area contributed by atoms with Crippen LogP contribution in [0.1, 0.15) is 22.3 Å². The minimum Gasteiger partial charge on any atom is -0.457 e. The average Bonchev–Trinajstić information content (AvgIpc) is 3.84. The van der Waals surface area contributed by atoms with Crippen molar-refractivity contribution in [2.45, 2.75) is 5.41 Å². The Morgan fingerprint density at radius 2 is 0.830 bits per heavy atom. The van der Waals surface area contributed by atoms with Gasteiger partial charge in [0.05, 0.1) is 5.41 Å². The average molecular weight is 677 g/mol. The van der Waals surface area contributed by atoms with Crippen LogP contribution in [0.3, 0.4) is 0 Å². The number of furan rings is 1. The van der Waals surface area contributed by atoms with Gasteiger partial charge in [0, 0.05) is 22.3 Å². The standard InChI is InChI=1S/C51H32O2/c1-2-12-33(13-3-1)38-18-10-14-36-15-11-19-39(50(36)38)34-24-26-35(27-25-34)46-30-31-47(52-46)37-28-29-45-49(32-37)53-48-23-9-8-22-44(48)51(45)42-20-6-4-16-40(42)41-17-5-7-21-43(41)51/h1-32H. The van der Waals surface area contributed by atoms with E-state index >= 15 is 0 Å². The predicted octanol–water partition coefficient (Wildman–Crippen LogP) is 13.6. The first-order valence-electron chi connectivity index (χ1n) is 18.2. The second-order valence-corrected chi connectivity index (χ2v) is 14.0. The Morgan fingerprint density at radius 3 is 1.53 bits per heavy atom. The summed E-state index contributed by atoms with van der Waals surface area (Å²) in [4.78, 5) is 0. The molecular formula is C51H32O2. The molecule has 2 nitrogen and oxygen atoms in total. The molecule has 9 aromatic rings. The normalized spacial score (nSPS) is 13.2. The first-order chi connectivity index (χ1) is 26.3. The SMILES string of the molecule is c1ccc(-c2cccc3cccc(-c4ccc(-c5ccc(-c6ccc7c(c6)Oc6ccccc6C76c7ccccc7-c7ccccc76)o5)cc4)c23)cc1. The van der Waals surface area contributed by atoms with Crippen molar-refractivity contribution in [3.8, 4) is 67.5 Å². The van der Waals surface area contributed by atoms with Crippen molar-refractivity contribution in [3.05, 3.63) is 216 Å². The van der Waals surface area contributed by atoms with Crippen LogP contribution in [0.4, 0.5) is 0 Å². The highest BCUT2D eigenvalue weighted by Crippen LogP contribution is 2.62. The van der Waals surface area contributed by atoms with Crippen LogP contribution in [-0.4, -0.2) is 0 Å². The second kappa shape index (κ2) is 11.6. The Balaban J connectivity index is 0.970. The van der Waals surface area contributed by atoms with Gasteiger partial charge in [-0.05, 0) is 79.5 Å². The molecule has 0 saturated carbocycles. The molecule has 8 aromatic carbocycles. The van der Waals surface area contributed by atoms with Gasteiger partial charge < -0.3 is 9.15 Å². The van der Waals surface area contributed by atoms with E-state index in [0.717, 1.165) is 39.7 Å². The minimum atomic E-state index is -0.474. The van der Waals surface area contributed by atoms with Gasteiger partial charge in [-0.3, -0.25) is 0 Å². The maximum absolute atomic E-state index is 6.73. The lowest BCUT2D eigenvalue weighted by atomic mass is 9.66. The van der Waals surface area contributed by atoms with Gasteiger partial charge in [0.25, 0.3) is 0 Å². The molecule has 1 aromatic heterocycles. The van der Waals surface area contributed by atoms with Crippen molar-refractivity contribution < 1.29 is 9.15 Å². The fourth-order valence-corrected chi connectivity index (χ4v) is 8.92. The molecule has 1 spiro atoms. The van der Waals surface area contributed by atoms with Gasteiger partial charge in [0.2, 0.25) is 0 Å². The zero-order valence-corrected chi connectivity index (χ0v) is 28.8. The quantitative estimate of drug-likeness (QED) is 0.185. The summed E-state index contributed by atoms with van der Waals surface area (Å²) in [6, 6.07) is 69.3. The molecule has 0 atom stereocenters. The second-order valence-electron chi connectivity index (χ2n) is 14.0. The van der Waals surface area contributed by atoms with Gasteiger partial charge >= 0.3 is 0 Å². The predicted molar refractivity (Wildman–Crippen MR) is 215 cm³/mol. The first-order valence-corrected chi connectivity index (χ1v) is 18.2. The molecule has 0 N–H and O–H groups in total. The van der Waals surface area contributed by atoms with Gasteiger partial charge in [-0.2, -0.15) is 0 Å².